The number of nitrogens with one attached hydrogen (secondary N) is 1. The molecule has 1 N–H and O–H groups in total. The van der Waals surface area contributed by atoms with Crippen LogP contribution in [0, 0.1) is 0 Å². The molecule has 1 saturated carbocycles. The van der Waals surface area contributed by atoms with Crippen molar-refractivity contribution < 1.29 is 18.0 Å². The number of rotatable bonds is 4. The topological polar surface area (TPSA) is 59.8 Å². The molecule has 5 nitrogen and oxygen atoms in total. The van der Waals surface area contributed by atoms with Crippen LogP contribution in [0.25, 0.3) is 11.3 Å². The maximum absolute atomic E-state index is 13.1. The fourth-order valence-electron chi connectivity index (χ4n) is 4.11. The third kappa shape index (κ3) is 4.24. The Balaban J connectivity index is 1.40. The van der Waals surface area contributed by atoms with Crippen molar-refractivity contribution in [2.24, 2.45) is 0 Å². The third-order valence-electron chi connectivity index (χ3n) is 5.90. The lowest BCUT2D eigenvalue weighted by Crippen LogP contribution is -2.32. The van der Waals surface area contributed by atoms with Crippen LogP contribution >= 0.6 is 11.6 Å². The largest absolute Gasteiger partial charge is 0.416 e. The molecule has 166 valence electrons. The van der Waals surface area contributed by atoms with Gasteiger partial charge in [-0.15, -0.1) is 0 Å². The molecule has 9 heteroatoms. The lowest BCUT2D eigenvalue weighted by Gasteiger charge is -2.24. The van der Waals surface area contributed by atoms with Crippen molar-refractivity contribution in [2.45, 2.75) is 50.4 Å². The number of hydrogen-bond donors (Lipinski definition) is 1. The Morgan fingerprint density at radius 1 is 1.12 bits per heavy atom. The Morgan fingerprint density at radius 3 is 2.69 bits per heavy atom. The number of fused-ring (bicyclic) bond motifs is 1. The number of aryl methyl sites for hydroxylation is 1. The first-order chi connectivity index (χ1) is 15.3. The van der Waals surface area contributed by atoms with Gasteiger partial charge >= 0.3 is 6.18 Å². The summed E-state index contributed by atoms with van der Waals surface area (Å²) in [5, 5.41) is 7.43. The number of halogens is 4. The second kappa shape index (κ2) is 7.92. The van der Waals surface area contributed by atoms with Crippen molar-refractivity contribution >= 4 is 17.5 Å². The van der Waals surface area contributed by atoms with Crippen LogP contribution in [0.3, 0.4) is 0 Å². The van der Waals surface area contributed by atoms with E-state index in [1.165, 1.54) is 6.07 Å². The van der Waals surface area contributed by atoms with E-state index >= 15 is 0 Å². The van der Waals surface area contributed by atoms with Gasteiger partial charge in [-0.1, -0.05) is 11.6 Å². The predicted octanol–water partition coefficient (Wildman–Crippen LogP) is 5.76. The lowest BCUT2D eigenvalue weighted by molar-refractivity contribution is -0.137. The fourth-order valence-corrected chi connectivity index (χ4v) is 4.34. The number of pyridine rings is 1. The summed E-state index contributed by atoms with van der Waals surface area (Å²) in [5.41, 5.74) is 2.61. The molecule has 1 atom stereocenters. The smallest absolute Gasteiger partial charge is 0.344 e. The monoisotopic (exact) mass is 460 g/mol. The highest BCUT2D eigenvalue weighted by atomic mass is 35.5. The molecule has 3 heterocycles. The van der Waals surface area contributed by atoms with Gasteiger partial charge in [-0.25, -0.2) is 0 Å². The number of amides is 1. The van der Waals surface area contributed by atoms with Crippen molar-refractivity contribution in [3.05, 3.63) is 70.1 Å². The average Bonchev–Trinajstić information content (AvgIpc) is 3.51. The average molecular weight is 461 g/mol. The van der Waals surface area contributed by atoms with Gasteiger partial charge in [0.1, 0.15) is 0 Å². The number of alkyl halides is 3. The summed E-state index contributed by atoms with van der Waals surface area (Å²) in [6, 6.07) is 8.44. The minimum atomic E-state index is -4.58. The predicted molar refractivity (Wildman–Crippen MR) is 113 cm³/mol. The van der Waals surface area contributed by atoms with Crippen LogP contribution in [-0.2, 0) is 12.7 Å². The lowest BCUT2D eigenvalue weighted by atomic mass is 10.0. The first kappa shape index (κ1) is 21.0. The van der Waals surface area contributed by atoms with E-state index in [0.29, 0.717) is 12.3 Å². The van der Waals surface area contributed by atoms with Crippen molar-refractivity contribution in [3.63, 3.8) is 0 Å². The van der Waals surface area contributed by atoms with Gasteiger partial charge in [0, 0.05) is 40.5 Å². The summed E-state index contributed by atoms with van der Waals surface area (Å²) in [5.74, 6) is -0.0716. The molecule has 1 aliphatic heterocycles. The van der Waals surface area contributed by atoms with Crippen LogP contribution in [0.15, 0.2) is 42.6 Å². The van der Waals surface area contributed by atoms with Gasteiger partial charge < -0.3 is 5.32 Å². The molecule has 0 bridgehead atoms. The van der Waals surface area contributed by atoms with Crippen molar-refractivity contribution in [1.29, 1.82) is 0 Å². The summed E-state index contributed by atoms with van der Waals surface area (Å²) in [6.45, 7) is 0.720. The number of hydrogen-bond acceptors (Lipinski definition) is 3. The zero-order valence-corrected chi connectivity index (χ0v) is 17.7. The zero-order valence-electron chi connectivity index (χ0n) is 17.0. The minimum absolute atomic E-state index is 0.120. The first-order valence-corrected chi connectivity index (χ1v) is 10.9. The molecule has 0 saturated heterocycles. The maximum atomic E-state index is 13.1. The number of carbonyl (C=O) groups excluding carboxylic acids is 1. The highest BCUT2D eigenvalue weighted by molar-refractivity contribution is 6.31. The van der Waals surface area contributed by atoms with Gasteiger partial charge in [0.15, 0.2) is 0 Å². The third-order valence-corrected chi connectivity index (χ3v) is 6.11. The summed E-state index contributed by atoms with van der Waals surface area (Å²) in [4.78, 5) is 17.2. The Kier molecular flexibility index (Phi) is 5.20. The Bertz CT molecular complexity index is 1190. The molecular weight excluding hydrogens is 441 g/mol. The van der Waals surface area contributed by atoms with Crippen molar-refractivity contribution in [1.82, 2.24) is 20.1 Å². The molecule has 1 amide bonds. The number of benzene rings is 1. The van der Waals surface area contributed by atoms with Gasteiger partial charge in [-0.3, -0.25) is 14.5 Å². The first-order valence-electron chi connectivity index (χ1n) is 10.5. The molecule has 1 aliphatic carbocycles. The van der Waals surface area contributed by atoms with Crippen LogP contribution in [0.5, 0.6) is 0 Å². The van der Waals surface area contributed by atoms with E-state index in [0.717, 1.165) is 60.6 Å². The van der Waals surface area contributed by atoms with E-state index in [2.05, 4.69) is 16.4 Å². The van der Waals surface area contributed by atoms with E-state index in [9.17, 15) is 18.0 Å². The van der Waals surface area contributed by atoms with Crippen LogP contribution in [0.1, 0.15) is 65.0 Å². The van der Waals surface area contributed by atoms with Gasteiger partial charge in [0.2, 0.25) is 0 Å². The quantitative estimate of drug-likeness (QED) is 0.538. The van der Waals surface area contributed by atoms with Gasteiger partial charge in [-0.2, -0.15) is 18.3 Å². The molecule has 0 radical (unpaired) electrons. The highest BCUT2D eigenvalue weighted by Gasteiger charge is 2.32. The number of nitrogens with zero attached hydrogens (tertiary/aromatic N) is 3. The van der Waals surface area contributed by atoms with E-state index < -0.39 is 17.6 Å². The summed E-state index contributed by atoms with van der Waals surface area (Å²) in [6.07, 6.45) is 0.993. The van der Waals surface area contributed by atoms with Crippen LogP contribution < -0.4 is 5.32 Å². The molecule has 2 aromatic heterocycles. The van der Waals surface area contributed by atoms with Crippen LogP contribution in [0.4, 0.5) is 13.2 Å². The summed E-state index contributed by atoms with van der Waals surface area (Å²) < 4.78 is 41.2. The Labute approximate surface area is 187 Å². The molecule has 1 fully saturated rings. The van der Waals surface area contributed by atoms with E-state index in [-0.39, 0.29) is 16.6 Å². The maximum Gasteiger partial charge on any atom is 0.416 e. The Morgan fingerprint density at radius 2 is 1.94 bits per heavy atom. The van der Waals surface area contributed by atoms with Gasteiger partial charge in [-0.05, 0) is 62.1 Å². The van der Waals surface area contributed by atoms with Crippen LogP contribution in [-0.4, -0.2) is 20.7 Å². The standard InChI is InChI=1S/C23H20ClF3N4O/c24-17-9-15(8-16(11-17)23(25,26)27)22(32)29-18-2-1-7-31-21(18)12-20(30-31)14-5-6-28-19(10-14)13-3-4-13/h5-6,8-13,18H,1-4,7H2,(H,29,32)/t18-/m0/s1. The SMILES string of the molecule is O=C(N[C@H]1CCCn2nc(-c3ccnc(C4CC4)c3)cc21)c1cc(Cl)cc(C(F)(F)F)c1. The number of carbonyl (C=O) groups is 1. The van der Waals surface area contributed by atoms with E-state index in [1.807, 2.05) is 16.8 Å². The van der Waals surface area contributed by atoms with Gasteiger partial charge in [0.25, 0.3) is 5.91 Å². The molecule has 2 aliphatic rings. The molecular formula is C23H20ClF3N4O. The molecule has 1 aromatic carbocycles. The van der Waals surface area contributed by atoms with E-state index in [4.69, 9.17) is 16.7 Å². The molecule has 0 unspecified atom stereocenters. The van der Waals surface area contributed by atoms with Gasteiger partial charge in [0.05, 0.1) is 23.0 Å². The molecule has 32 heavy (non-hydrogen) atoms. The minimum Gasteiger partial charge on any atom is -0.344 e. The highest BCUT2D eigenvalue weighted by Crippen LogP contribution is 2.40. The zero-order chi connectivity index (χ0) is 22.5. The Hall–Kier alpha value is -2.87. The number of aromatic nitrogens is 3. The second-order valence-electron chi connectivity index (χ2n) is 8.32. The molecule has 0 spiro atoms. The molecule has 5 rings (SSSR count). The van der Waals surface area contributed by atoms with Crippen molar-refractivity contribution in [3.8, 4) is 11.3 Å². The van der Waals surface area contributed by atoms with Crippen LogP contribution in [0.2, 0.25) is 5.02 Å². The van der Waals surface area contributed by atoms with Crippen molar-refractivity contribution in [2.75, 3.05) is 0 Å². The summed E-state index contributed by atoms with van der Waals surface area (Å²) >= 11 is 5.84. The molecule has 3 aromatic rings. The summed E-state index contributed by atoms with van der Waals surface area (Å²) in [7, 11) is 0. The van der Waals surface area contributed by atoms with E-state index in [1.54, 1.807) is 6.20 Å². The fraction of sp³-hybridized carbons (Fsp3) is 0.348. The second-order valence-corrected chi connectivity index (χ2v) is 8.75. The normalized spacial score (nSPS) is 18.3.